The zero-order valence-corrected chi connectivity index (χ0v) is 18.4. The highest BCUT2D eigenvalue weighted by atomic mass is 32.2. The molecule has 8 heteroatoms. The largest absolute Gasteiger partial charge is 0.497 e. The summed E-state index contributed by atoms with van der Waals surface area (Å²) in [7, 11) is -2.21. The smallest absolute Gasteiger partial charge is 0.261 e. The number of methoxy groups -OCH3 is 1. The van der Waals surface area contributed by atoms with Crippen molar-refractivity contribution in [2.75, 3.05) is 17.1 Å². The minimum atomic E-state index is -3.74. The number of hydrogen-bond donors (Lipinski definition) is 2. The number of sulfonamides is 1. The van der Waals surface area contributed by atoms with E-state index in [2.05, 4.69) is 20.0 Å². The minimum Gasteiger partial charge on any atom is -0.497 e. The highest BCUT2D eigenvalue weighted by molar-refractivity contribution is 7.92. The molecule has 0 aliphatic rings. The highest BCUT2D eigenvalue weighted by Gasteiger charge is 2.14. The Morgan fingerprint density at radius 3 is 2.25 bits per heavy atom. The Morgan fingerprint density at radius 2 is 1.53 bits per heavy atom. The van der Waals surface area contributed by atoms with Crippen molar-refractivity contribution in [2.24, 2.45) is 0 Å². The summed E-state index contributed by atoms with van der Waals surface area (Å²) in [6, 6.07) is 24.9. The molecule has 1 heterocycles. The lowest BCUT2D eigenvalue weighted by Gasteiger charge is -2.12. The van der Waals surface area contributed by atoms with Crippen molar-refractivity contribution in [3.05, 3.63) is 90.8 Å². The maximum absolute atomic E-state index is 12.7. The molecule has 0 atom stereocenters. The van der Waals surface area contributed by atoms with Crippen molar-refractivity contribution in [1.82, 2.24) is 9.97 Å². The third-order valence-electron chi connectivity index (χ3n) is 4.66. The lowest BCUT2D eigenvalue weighted by molar-refractivity contribution is 0.414. The lowest BCUT2D eigenvalue weighted by atomic mass is 10.1. The fraction of sp³-hybridized carbons (Fsp3) is 0.0833. The summed E-state index contributed by atoms with van der Waals surface area (Å²) < 4.78 is 33.1. The van der Waals surface area contributed by atoms with Crippen LogP contribution in [0.2, 0.25) is 0 Å². The van der Waals surface area contributed by atoms with Gasteiger partial charge in [0.2, 0.25) is 0 Å². The molecule has 0 bridgehead atoms. The Kier molecular flexibility index (Phi) is 6.04. The van der Waals surface area contributed by atoms with Crippen molar-refractivity contribution >= 4 is 27.2 Å². The number of nitrogens with zero attached hydrogens (tertiary/aromatic N) is 2. The van der Waals surface area contributed by atoms with E-state index >= 15 is 0 Å². The van der Waals surface area contributed by atoms with E-state index in [1.54, 1.807) is 30.3 Å². The summed E-state index contributed by atoms with van der Waals surface area (Å²) in [5, 5.41) is 3.23. The molecular weight excluding hydrogens is 424 g/mol. The number of aryl methyl sites for hydroxylation is 1. The number of hydrogen-bond acceptors (Lipinski definition) is 6. The summed E-state index contributed by atoms with van der Waals surface area (Å²) in [5.74, 6) is 1.84. The molecule has 7 nitrogen and oxygen atoms in total. The van der Waals surface area contributed by atoms with Gasteiger partial charge in [-0.2, -0.15) is 0 Å². The molecule has 0 fully saturated rings. The van der Waals surface area contributed by atoms with Crippen LogP contribution in [0.1, 0.15) is 5.82 Å². The first-order chi connectivity index (χ1) is 15.4. The fourth-order valence-corrected chi connectivity index (χ4v) is 4.22. The van der Waals surface area contributed by atoms with E-state index in [9.17, 15) is 8.42 Å². The van der Waals surface area contributed by atoms with E-state index < -0.39 is 10.0 Å². The molecule has 0 saturated carbocycles. The molecular formula is C24H22N4O3S. The van der Waals surface area contributed by atoms with Gasteiger partial charge in [0.1, 0.15) is 17.4 Å². The number of ether oxygens (including phenoxy) is 1. The summed E-state index contributed by atoms with van der Waals surface area (Å²) >= 11 is 0. The molecule has 0 aliphatic carbocycles. The van der Waals surface area contributed by atoms with E-state index in [4.69, 9.17) is 4.74 Å². The maximum atomic E-state index is 12.7. The molecule has 1 aromatic heterocycles. The normalized spacial score (nSPS) is 11.1. The zero-order valence-electron chi connectivity index (χ0n) is 17.6. The topological polar surface area (TPSA) is 93.2 Å². The summed E-state index contributed by atoms with van der Waals surface area (Å²) in [4.78, 5) is 9.10. The predicted molar refractivity (Wildman–Crippen MR) is 126 cm³/mol. The second-order valence-corrected chi connectivity index (χ2v) is 8.72. The van der Waals surface area contributed by atoms with Crippen LogP contribution in [0.25, 0.3) is 11.3 Å². The molecule has 4 aromatic rings. The zero-order chi connectivity index (χ0) is 22.6. The molecule has 2 N–H and O–H groups in total. The molecule has 0 radical (unpaired) electrons. The van der Waals surface area contributed by atoms with Crippen molar-refractivity contribution in [3.8, 4) is 17.0 Å². The first-order valence-corrected chi connectivity index (χ1v) is 11.4. The summed E-state index contributed by atoms with van der Waals surface area (Å²) in [6.45, 7) is 1.83. The van der Waals surface area contributed by atoms with Crippen molar-refractivity contribution < 1.29 is 13.2 Å². The first-order valence-electron chi connectivity index (χ1n) is 9.88. The van der Waals surface area contributed by atoms with Crippen LogP contribution in [0.5, 0.6) is 5.75 Å². The minimum absolute atomic E-state index is 0.149. The summed E-state index contributed by atoms with van der Waals surface area (Å²) in [5.41, 5.74) is 2.91. The van der Waals surface area contributed by atoms with Crippen molar-refractivity contribution in [2.45, 2.75) is 11.8 Å². The number of nitrogens with one attached hydrogen (secondary N) is 2. The highest BCUT2D eigenvalue weighted by Crippen LogP contribution is 2.25. The third-order valence-corrected chi connectivity index (χ3v) is 6.06. The monoisotopic (exact) mass is 446 g/mol. The van der Waals surface area contributed by atoms with Gasteiger partial charge in [-0.05, 0) is 49.4 Å². The van der Waals surface area contributed by atoms with Crippen LogP contribution in [0.3, 0.4) is 0 Å². The van der Waals surface area contributed by atoms with Gasteiger partial charge in [-0.25, -0.2) is 18.4 Å². The molecule has 4 rings (SSSR count). The number of anilines is 3. The SMILES string of the molecule is COc1ccc(S(=O)(=O)Nc2cccc(Nc3cc(-c4ccccc4)nc(C)n3)c2)cc1. The summed E-state index contributed by atoms with van der Waals surface area (Å²) in [6.07, 6.45) is 0. The van der Waals surface area contributed by atoms with E-state index in [1.807, 2.05) is 49.4 Å². The number of benzene rings is 3. The molecule has 0 spiro atoms. The lowest BCUT2D eigenvalue weighted by Crippen LogP contribution is -2.13. The van der Waals surface area contributed by atoms with Gasteiger partial charge in [0.15, 0.2) is 0 Å². The van der Waals surface area contributed by atoms with E-state index in [0.29, 0.717) is 28.8 Å². The van der Waals surface area contributed by atoms with Gasteiger partial charge in [-0.15, -0.1) is 0 Å². The number of rotatable bonds is 7. The Bertz CT molecular complexity index is 1330. The average Bonchev–Trinajstić information content (AvgIpc) is 2.79. The maximum Gasteiger partial charge on any atom is 0.261 e. The van der Waals surface area contributed by atoms with Crippen LogP contribution in [-0.2, 0) is 10.0 Å². The van der Waals surface area contributed by atoms with E-state index in [1.165, 1.54) is 19.2 Å². The van der Waals surface area contributed by atoms with Gasteiger partial charge in [0.05, 0.1) is 23.4 Å². The van der Waals surface area contributed by atoms with Crippen molar-refractivity contribution in [3.63, 3.8) is 0 Å². The molecule has 0 saturated heterocycles. The fourth-order valence-electron chi connectivity index (χ4n) is 3.17. The second-order valence-electron chi connectivity index (χ2n) is 7.04. The molecule has 3 aromatic carbocycles. The first kappa shape index (κ1) is 21.3. The molecule has 0 unspecified atom stereocenters. The van der Waals surface area contributed by atoms with Gasteiger partial charge in [-0.1, -0.05) is 36.4 Å². The van der Waals surface area contributed by atoms with E-state index in [-0.39, 0.29) is 4.90 Å². The third kappa shape index (κ3) is 5.04. The molecule has 32 heavy (non-hydrogen) atoms. The van der Waals surface area contributed by atoms with Crippen molar-refractivity contribution in [1.29, 1.82) is 0 Å². The van der Waals surface area contributed by atoms with Crippen LogP contribution in [0.15, 0.2) is 89.8 Å². The average molecular weight is 447 g/mol. The van der Waals surface area contributed by atoms with Gasteiger partial charge in [0.25, 0.3) is 10.0 Å². The van der Waals surface area contributed by atoms with Gasteiger partial charge in [0, 0.05) is 17.3 Å². The molecule has 0 aliphatic heterocycles. The van der Waals surface area contributed by atoms with Crippen LogP contribution < -0.4 is 14.8 Å². The second kappa shape index (κ2) is 9.07. The molecule has 162 valence electrons. The van der Waals surface area contributed by atoms with Gasteiger partial charge in [-0.3, -0.25) is 4.72 Å². The number of aromatic nitrogens is 2. The van der Waals surface area contributed by atoms with Gasteiger partial charge < -0.3 is 10.1 Å². The van der Waals surface area contributed by atoms with Crippen LogP contribution in [0.4, 0.5) is 17.2 Å². The Hall–Kier alpha value is -3.91. The Morgan fingerprint density at radius 1 is 0.812 bits per heavy atom. The molecule has 0 amide bonds. The predicted octanol–water partition coefficient (Wildman–Crippen LogP) is 5.01. The van der Waals surface area contributed by atoms with E-state index in [0.717, 1.165) is 11.3 Å². The van der Waals surface area contributed by atoms with Crippen LogP contribution >= 0.6 is 0 Å². The quantitative estimate of drug-likeness (QED) is 0.415. The van der Waals surface area contributed by atoms with Crippen LogP contribution in [0, 0.1) is 6.92 Å². The Labute approximate surface area is 187 Å². The standard InChI is InChI=1S/C24H22N4O3S/c1-17-25-23(18-7-4-3-5-8-18)16-24(26-17)27-19-9-6-10-20(15-19)28-32(29,30)22-13-11-21(31-2)12-14-22/h3-16,28H,1-2H3,(H,25,26,27). The Balaban J connectivity index is 1.55. The van der Waals surface area contributed by atoms with Crippen LogP contribution in [-0.4, -0.2) is 25.5 Å². The van der Waals surface area contributed by atoms with Gasteiger partial charge >= 0.3 is 0 Å².